The number of rotatable bonds is 6. The molecule has 0 aliphatic rings. The number of methoxy groups -OCH3 is 1. The first kappa shape index (κ1) is 18.0. The van der Waals surface area contributed by atoms with E-state index in [-0.39, 0.29) is 5.56 Å². The van der Waals surface area contributed by atoms with E-state index < -0.39 is 11.2 Å². The lowest BCUT2D eigenvalue weighted by Gasteiger charge is -2.15. The Balaban J connectivity index is 2.08. The topological polar surface area (TPSA) is 87.2 Å². The molecular formula is C19H19N3O3S. The maximum atomic E-state index is 13.0. The summed E-state index contributed by atoms with van der Waals surface area (Å²) < 4.78 is 6.74. The number of primary amides is 1. The van der Waals surface area contributed by atoms with Crippen LogP contribution in [-0.2, 0) is 11.3 Å². The van der Waals surface area contributed by atoms with Gasteiger partial charge in [0.15, 0.2) is 5.16 Å². The van der Waals surface area contributed by atoms with Crippen LogP contribution in [0.1, 0.15) is 12.5 Å². The summed E-state index contributed by atoms with van der Waals surface area (Å²) in [5.41, 5.74) is 6.76. The van der Waals surface area contributed by atoms with Crippen LogP contribution < -0.4 is 16.0 Å². The van der Waals surface area contributed by atoms with Gasteiger partial charge in [-0.05, 0) is 36.8 Å². The molecular weight excluding hydrogens is 350 g/mol. The van der Waals surface area contributed by atoms with E-state index in [0.717, 1.165) is 11.3 Å². The SMILES string of the molecule is COc1ccc(Cn2c(S[C@@H](C)C(N)=O)nc3ccccc3c2=O)cc1. The zero-order chi connectivity index (χ0) is 18.7. The third kappa shape index (κ3) is 3.72. The fourth-order valence-electron chi connectivity index (χ4n) is 2.51. The van der Waals surface area contributed by atoms with Crippen LogP contribution in [0, 0.1) is 0 Å². The Hall–Kier alpha value is -2.80. The lowest BCUT2D eigenvalue weighted by molar-refractivity contribution is -0.117. The van der Waals surface area contributed by atoms with Gasteiger partial charge in [-0.1, -0.05) is 36.0 Å². The third-order valence-corrected chi connectivity index (χ3v) is 5.12. The van der Waals surface area contributed by atoms with Crippen molar-refractivity contribution in [2.45, 2.75) is 23.9 Å². The van der Waals surface area contributed by atoms with Gasteiger partial charge in [0.25, 0.3) is 5.56 Å². The monoisotopic (exact) mass is 369 g/mol. The highest BCUT2D eigenvalue weighted by molar-refractivity contribution is 8.00. The molecule has 1 atom stereocenters. The molecule has 0 aliphatic heterocycles. The van der Waals surface area contributed by atoms with Gasteiger partial charge in [0.2, 0.25) is 5.91 Å². The Kier molecular flexibility index (Phi) is 5.27. The number of carbonyl (C=O) groups is 1. The molecule has 0 spiro atoms. The number of thioether (sulfide) groups is 1. The van der Waals surface area contributed by atoms with Crippen molar-refractivity contribution in [1.82, 2.24) is 9.55 Å². The second kappa shape index (κ2) is 7.61. The summed E-state index contributed by atoms with van der Waals surface area (Å²) in [6.07, 6.45) is 0. The van der Waals surface area contributed by atoms with E-state index in [1.165, 1.54) is 11.8 Å². The second-order valence-corrected chi connectivity index (χ2v) is 7.12. The van der Waals surface area contributed by atoms with Crippen molar-refractivity contribution in [1.29, 1.82) is 0 Å². The van der Waals surface area contributed by atoms with E-state index in [9.17, 15) is 9.59 Å². The first-order valence-electron chi connectivity index (χ1n) is 8.08. The fraction of sp³-hybridized carbons (Fsp3) is 0.211. The van der Waals surface area contributed by atoms with E-state index in [1.807, 2.05) is 36.4 Å². The first-order chi connectivity index (χ1) is 12.5. The molecule has 6 nitrogen and oxygen atoms in total. The first-order valence-corrected chi connectivity index (χ1v) is 8.96. The van der Waals surface area contributed by atoms with E-state index in [2.05, 4.69) is 4.98 Å². The number of nitrogens with two attached hydrogens (primary N) is 1. The molecule has 134 valence electrons. The molecule has 3 aromatic rings. The molecule has 26 heavy (non-hydrogen) atoms. The van der Waals surface area contributed by atoms with Crippen molar-refractivity contribution in [2.24, 2.45) is 5.73 Å². The van der Waals surface area contributed by atoms with Crippen molar-refractivity contribution in [3.63, 3.8) is 0 Å². The number of hydrogen-bond acceptors (Lipinski definition) is 5. The van der Waals surface area contributed by atoms with Crippen LogP contribution in [0.2, 0.25) is 0 Å². The molecule has 1 heterocycles. The van der Waals surface area contributed by atoms with Crippen molar-refractivity contribution >= 4 is 28.6 Å². The largest absolute Gasteiger partial charge is 0.497 e. The minimum Gasteiger partial charge on any atom is -0.497 e. The number of amides is 1. The van der Waals surface area contributed by atoms with Gasteiger partial charge in [0.05, 0.1) is 29.8 Å². The second-order valence-electron chi connectivity index (χ2n) is 5.81. The quantitative estimate of drug-likeness (QED) is 0.533. The van der Waals surface area contributed by atoms with Crippen LogP contribution in [0.15, 0.2) is 58.5 Å². The highest BCUT2D eigenvalue weighted by Gasteiger charge is 2.17. The highest BCUT2D eigenvalue weighted by Crippen LogP contribution is 2.23. The average molecular weight is 369 g/mol. The molecule has 0 aliphatic carbocycles. The molecule has 0 unspecified atom stereocenters. The minimum atomic E-state index is -0.495. The molecule has 0 fully saturated rings. The molecule has 7 heteroatoms. The minimum absolute atomic E-state index is 0.148. The summed E-state index contributed by atoms with van der Waals surface area (Å²) in [7, 11) is 1.60. The summed E-state index contributed by atoms with van der Waals surface area (Å²) in [6, 6.07) is 14.6. The van der Waals surface area contributed by atoms with E-state index in [1.54, 1.807) is 30.7 Å². The van der Waals surface area contributed by atoms with E-state index >= 15 is 0 Å². The van der Waals surface area contributed by atoms with Gasteiger partial charge >= 0.3 is 0 Å². The van der Waals surface area contributed by atoms with Crippen molar-refractivity contribution < 1.29 is 9.53 Å². The number of carbonyl (C=O) groups excluding carboxylic acids is 1. The number of aromatic nitrogens is 2. The normalized spacial score (nSPS) is 12.1. The van der Waals surface area contributed by atoms with Gasteiger partial charge in [-0.2, -0.15) is 0 Å². The Morgan fingerprint density at radius 3 is 2.58 bits per heavy atom. The van der Waals surface area contributed by atoms with Crippen LogP contribution in [0.4, 0.5) is 0 Å². The van der Waals surface area contributed by atoms with Gasteiger partial charge < -0.3 is 10.5 Å². The number of para-hydroxylation sites is 1. The molecule has 0 saturated carbocycles. The lowest BCUT2D eigenvalue weighted by Crippen LogP contribution is -2.27. The van der Waals surface area contributed by atoms with Gasteiger partial charge in [0.1, 0.15) is 5.75 Å². The van der Waals surface area contributed by atoms with Gasteiger partial charge in [0, 0.05) is 0 Å². The molecule has 0 bridgehead atoms. The Morgan fingerprint density at radius 2 is 1.92 bits per heavy atom. The predicted molar refractivity (Wildman–Crippen MR) is 103 cm³/mol. The molecule has 0 radical (unpaired) electrons. The van der Waals surface area contributed by atoms with Crippen molar-refractivity contribution in [2.75, 3.05) is 7.11 Å². The number of nitrogens with zero attached hydrogens (tertiary/aromatic N) is 2. The van der Waals surface area contributed by atoms with Gasteiger partial charge in [-0.3, -0.25) is 14.2 Å². The molecule has 2 N–H and O–H groups in total. The van der Waals surface area contributed by atoms with E-state index in [0.29, 0.717) is 22.6 Å². The van der Waals surface area contributed by atoms with Crippen molar-refractivity contribution in [3.8, 4) is 5.75 Å². The molecule has 1 aromatic heterocycles. The molecule has 1 amide bonds. The standard InChI is InChI=1S/C19H19N3O3S/c1-12(17(20)23)26-19-21-16-6-4-3-5-15(16)18(24)22(19)11-13-7-9-14(25-2)10-8-13/h3-10,12H,11H2,1-2H3,(H2,20,23)/t12-/m0/s1. The fourth-order valence-corrected chi connectivity index (χ4v) is 3.36. The van der Waals surface area contributed by atoms with Gasteiger partial charge in [-0.15, -0.1) is 0 Å². The summed E-state index contributed by atoms with van der Waals surface area (Å²) in [6.45, 7) is 2.04. The zero-order valence-electron chi connectivity index (χ0n) is 14.5. The van der Waals surface area contributed by atoms with Crippen LogP contribution in [0.25, 0.3) is 10.9 Å². The highest BCUT2D eigenvalue weighted by atomic mass is 32.2. The number of fused-ring (bicyclic) bond motifs is 1. The summed E-state index contributed by atoms with van der Waals surface area (Å²) in [5, 5.41) is 0.512. The molecule has 2 aromatic carbocycles. The Bertz CT molecular complexity index is 999. The van der Waals surface area contributed by atoms with E-state index in [4.69, 9.17) is 10.5 Å². The maximum Gasteiger partial charge on any atom is 0.262 e. The summed E-state index contributed by atoms with van der Waals surface area (Å²) >= 11 is 1.19. The molecule has 0 saturated heterocycles. The summed E-state index contributed by atoms with van der Waals surface area (Å²) in [5.74, 6) is 0.295. The van der Waals surface area contributed by atoms with Crippen LogP contribution in [0.5, 0.6) is 5.75 Å². The maximum absolute atomic E-state index is 13.0. The lowest BCUT2D eigenvalue weighted by atomic mass is 10.2. The Labute approximate surface area is 155 Å². The average Bonchev–Trinajstić information content (AvgIpc) is 2.65. The van der Waals surface area contributed by atoms with Crippen LogP contribution >= 0.6 is 11.8 Å². The summed E-state index contributed by atoms with van der Waals surface area (Å²) in [4.78, 5) is 29.0. The zero-order valence-corrected chi connectivity index (χ0v) is 15.3. The van der Waals surface area contributed by atoms with Crippen molar-refractivity contribution in [3.05, 3.63) is 64.4 Å². The van der Waals surface area contributed by atoms with Crippen LogP contribution in [0.3, 0.4) is 0 Å². The number of ether oxygens (including phenoxy) is 1. The number of hydrogen-bond donors (Lipinski definition) is 1. The Morgan fingerprint density at radius 1 is 1.23 bits per heavy atom. The third-order valence-electron chi connectivity index (χ3n) is 4.01. The van der Waals surface area contributed by atoms with Gasteiger partial charge in [-0.25, -0.2) is 4.98 Å². The predicted octanol–water partition coefficient (Wildman–Crippen LogP) is 2.42. The van der Waals surface area contributed by atoms with Crippen LogP contribution in [-0.4, -0.2) is 27.8 Å². The smallest absolute Gasteiger partial charge is 0.262 e. The molecule has 3 rings (SSSR count). The number of benzene rings is 2.